The number of hydrogen-bond donors (Lipinski definition) is 0. The van der Waals surface area contributed by atoms with Crippen LogP contribution in [-0.2, 0) is 14.2 Å². The molecule has 128 valence electrons. The Morgan fingerprint density at radius 2 is 1.83 bits per heavy atom. The highest BCUT2D eigenvalue weighted by atomic mass is 19.1. The maximum absolute atomic E-state index is 14.8. The lowest BCUT2D eigenvalue weighted by molar-refractivity contribution is -0.192. The van der Waals surface area contributed by atoms with E-state index < -0.39 is 23.7 Å². The van der Waals surface area contributed by atoms with E-state index in [1.807, 2.05) is 0 Å². The molecule has 0 spiro atoms. The molecule has 1 aromatic rings. The Balaban J connectivity index is 2.10. The van der Waals surface area contributed by atoms with E-state index in [0.717, 1.165) is 6.07 Å². The molecule has 0 aromatic heterocycles. The standard InChI is InChI=1S/C16H21F2NO4/c1-21-14(20)11-4-5-13(12(17)10-11)19-8-6-16(18,7-9-19)15(22-2)23-3/h4-5,10,15H,6-9H2,1-3H3. The van der Waals surface area contributed by atoms with Crippen molar-refractivity contribution in [3.8, 4) is 0 Å². The van der Waals surface area contributed by atoms with Gasteiger partial charge in [-0.1, -0.05) is 0 Å². The van der Waals surface area contributed by atoms with Crippen molar-refractivity contribution < 1.29 is 27.8 Å². The molecule has 0 N–H and O–H groups in total. The number of piperidine rings is 1. The summed E-state index contributed by atoms with van der Waals surface area (Å²) in [5.74, 6) is -1.13. The van der Waals surface area contributed by atoms with E-state index in [4.69, 9.17) is 9.47 Å². The summed E-state index contributed by atoms with van der Waals surface area (Å²) in [6.45, 7) is 0.655. The number of nitrogens with zero attached hydrogens (tertiary/aromatic N) is 1. The van der Waals surface area contributed by atoms with Crippen LogP contribution in [0, 0.1) is 5.82 Å². The molecule has 2 rings (SSSR count). The topological polar surface area (TPSA) is 48.0 Å². The summed E-state index contributed by atoms with van der Waals surface area (Å²) in [7, 11) is 4.03. The highest BCUT2D eigenvalue weighted by molar-refractivity contribution is 5.89. The SMILES string of the molecule is COC(=O)c1ccc(N2CCC(F)(C(OC)OC)CC2)c(F)c1. The van der Waals surface area contributed by atoms with Gasteiger partial charge in [-0.3, -0.25) is 0 Å². The Morgan fingerprint density at radius 1 is 1.22 bits per heavy atom. The van der Waals surface area contributed by atoms with Gasteiger partial charge in [-0.05, 0) is 18.2 Å². The van der Waals surface area contributed by atoms with Gasteiger partial charge < -0.3 is 19.1 Å². The van der Waals surface area contributed by atoms with Crippen molar-refractivity contribution in [1.29, 1.82) is 0 Å². The number of carbonyl (C=O) groups excluding carboxylic acids is 1. The Bertz CT molecular complexity index is 555. The fourth-order valence-electron chi connectivity index (χ4n) is 2.88. The molecule has 23 heavy (non-hydrogen) atoms. The summed E-state index contributed by atoms with van der Waals surface area (Å²) in [6.07, 6.45) is -0.606. The van der Waals surface area contributed by atoms with Crippen molar-refractivity contribution in [2.75, 3.05) is 39.3 Å². The molecule has 0 amide bonds. The Labute approximate surface area is 134 Å². The van der Waals surface area contributed by atoms with Crippen LogP contribution in [0.15, 0.2) is 18.2 Å². The van der Waals surface area contributed by atoms with Gasteiger partial charge in [-0.15, -0.1) is 0 Å². The second kappa shape index (κ2) is 7.23. The van der Waals surface area contributed by atoms with Crippen molar-refractivity contribution >= 4 is 11.7 Å². The third-order valence-corrected chi connectivity index (χ3v) is 4.15. The van der Waals surface area contributed by atoms with Crippen molar-refractivity contribution in [3.63, 3.8) is 0 Å². The molecule has 0 radical (unpaired) electrons. The van der Waals surface area contributed by atoms with Crippen molar-refractivity contribution in [3.05, 3.63) is 29.6 Å². The minimum atomic E-state index is -1.59. The molecule has 1 heterocycles. The first-order chi connectivity index (χ1) is 10.9. The molecule has 0 atom stereocenters. The first kappa shape index (κ1) is 17.6. The van der Waals surface area contributed by atoms with Gasteiger partial charge in [0.05, 0.1) is 18.4 Å². The fraction of sp³-hybridized carbons (Fsp3) is 0.562. The zero-order chi connectivity index (χ0) is 17.0. The number of esters is 1. The number of methoxy groups -OCH3 is 3. The van der Waals surface area contributed by atoms with Crippen LogP contribution in [0.4, 0.5) is 14.5 Å². The van der Waals surface area contributed by atoms with Crippen LogP contribution < -0.4 is 4.90 Å². The van der Waals surface area contributed by atoms with Crippen LogP contribution in [0.2, 0.25) is 0 Å². The number of alkyl halides is 1. The first-order valence-corrected chi connectivity index (χ1v) is 7.32. The van der Waals surface area contributed by atoms with Crippen molar-refractivity contribution in [2.24, 2.45) is 0 Å². The van der Waals surface area contributed by atoms with E-state index >= 15 is 0 Å². The Morgan fingerprint density at radius 3 is 2.30 bits per heavy atom. The lowest BCUT2D eigenvalue weighted by atomic mass is 9.92. The van der Waals surface area contributed by atoms with E-state index in [1.54, 1.807) is 4.90 Å². The van der Waals surface area contributed by atoms with Gasteiger partial charge >= 0.3 is 5.97 Å². The molecular weight excluding hydrogens is 308 g/mol. The summed E-state index contributed by atoms with van der Waals surface area (Å²) in [6, 6.07) is 4.14. The maximum atomic E-state index is 14.8. The smallest absolute Gasteiger partial charge is 0.337 e. The quantitative estimate of drug-likeness (QED) is 0.614. The van der Waals surface area contributed by atoms with Gasteiger partial charge in [0.2, 0.25) is 0 Å². The Hall–Kier alpha value is -1.73. The van der Waals surface area contributed by atoms with Crippen LogP contribution in [0.25, 0.3) is 0 Å². The number of carbonyl (C=O) groups is 1. The minimum absolute atomic E-state index is 0.143. The Kier molecular flexibility index (Phi) is 5.54. The summed E-state index contributed by atoms with van der Waals surface area (Å²) in [4.78, 5) is 13.1. The third kappa shape index (κ3) is 3.61. The molecular formula is C16H21F2NO4. The molecule has 0 aliphatic carbocycles. The molecule has 1 saturated heterocycles. The average Bonchev–Trinajstić information content (AvgIpc) is 2.56. The maximum Gasteiger partial charge on any atom is 0.337 e. The first-order valence-electron chi connectivity index (χ1n) is 7.32. The van der Waals surface area contributed by atoms with Crippen LogP contribution in [0.3, 0.4) is 0 Å². The summed E-state index contributed by atoms with van der Waals surface area (Å²) >= 11 is 0. The molecule has 0 saturated carbocycles. The number of anilines is 1. The van der Waals surface area contributed by atoms with E-state index in [2.05, 4.69) is 4.74 Å². The monoisotopic (exact) mass is 329 g/mol. The molecule has 7 heteroatoms. The second-order valence-corrected chi connectivity index (χ2v) is 5.48. The predicted molar refractivity (Wildman–Crippen MR) is 80.8 cm³/mol. The van der Waals surface area contributed by atoms with Gasteiger partial charge in [-0.2, -0.15) is 0 Å². The molecule has 1 aliphatic heterocycles. The van der Waals surface area contributed by atoms with Gasteiger partial charge in [0.25, 0.3) is 0 Å². The van der Waals surface area contributed by atoms with Gasteiger partial charge in [0, 0.05) is 40.2 Å². The van der Waals surface area contributed by atoms with E-state index in [-0.39, 0.29) is 18.4 Å². The molecule has 1 aromatic carbocycles. The van der Waals surface area contributed by atoms with E-state index in [9.17, 15) is 13.6 Å². The van der Waals surface area contributed by atoms with Crippen LogP contribution in [-0.4, -0.2) is 52.3 Å². The number of rotatable bonds is 5. The molecule has 0 unspecified atom stereocenters. The van der Waals surface area contributed by atoms with E-state index in [1.165, 1.54) is 33.5 Å². The zero-order valence-corrected chi connectivity index (χ0v) is 13.5. The highest BCUT2D eigenvalue weighted by Crippen LogP contribution is 2.34. The molecule has 5 nitrogen and oxygen atoms in total. The number of benzene rings is 1. The largest absolute Gasteiger partial charge is 0.465 e. The predicted octanol–water partition coefficient (Wildman–Crippen LogP) is 2.54. The highest BCUT2D eigenvalue weighted by Gasteiger charge is 2.43. The van der Waals surface area contributed by atoms with Gasteiger partial charge in [0.1, 0.15) is 5.82 Å². The summed E-state index contributed by atoms with van der Waals surface area (Å²) < 4.78 is 43.6. The molecule has 1 fully saturated rings. The zero-order valence-electron chi connectivity index (χ0n) is 13.5. The second-order valence-electron chi connectivity index (χ2n) is 5.48. The normalized spacial score (nSPS) is 17.4. The summed E-state index contributed by atoms with van der Waals surface area (Å²) in [5.41, 5.74) is -1.11. The van der Waals surface area contributed by atoms with Crippen molar-refractivity contribution in [1.82, 2.24) is 0 Å². The molecule has 1 aliphatic rings. The molecule has 0 bridgehead atoms. The minimum Gasteiger partial charge on any atom is -0.465 e. The third-order valence-electron chi connectivity index (χ3n) is 4.15. The van der Waals surface area contributed by atoms with Crippen LogP contribution >= 0.6 is 0 Å². The van der Waals surface area contributed by atoms with Crippen LogP contribution in [0.5, 0.6) is 0 Å². The van der Waals surface area contributed by atoms with Gasteiger partial charge in [-0.25, -0.2) is 13.6 Å². The lowest BCUT2D eigenvalue weighted by Crippen LogP contribution is -2.50. The summed E-state index contributed by atoms with van der Waals surface area (Å²) in [5, 5.41) is 0. The number of ether oxygens (including phenoxy) is 3. The average molecular weight is 329 g/mol. The number of halogens is 2. The van der Waals surface area contributed by atoms with E-state index in [0.29, 0.717) is 18.8 Å². The number of hydrogen-bond acceptors (Lipinski definition) is 5. The lowest BCUT2D eigenvalue weighted by Gasteiger charge is -2.40. The fourth-order valence-corrected chi connectivity index (χ4v) is 2.88. The van der Waals surface area contributed by atoms with Crippen LogP contribution in [0.1, 0.15) is 23.2 Å². The van der Waals surface area contributed by atoms with Gasteiger partial charge in [0.15, 0.2) is 12.0 Å². The van der Waals surface area contributed by atoms with Crippen molar-refractivity contribution in [2.45, 2.75) is 24.8 Å².